The fourth-order valence-corrected chi connectivity index (χ4v) is 8.84. The van der Waals surface area contributed by atoms with E-state index in [1.165, 1.54) is 106 Å². The Kier molecular flexibility index (Phi) is 10.00. The largest absolute Gasteiger partial charge is 0.343 e. The van der Waals surface area contributed by atoms with Crippen molar-refractivity contribution in [3.63, 3.8) is 0 Å². The lowest BCUT2D eigenvalue weighted by Crippen LogP contribution is -1.94. The van der Waals surface area contributed by atoms with Crippen LogP contribution in [0.15, 0.2) is 207 Å². The molecule has 0 aliphatic heterocycles. The van der Waals surface area contributed by atoms with Crippen LogP contribution in [0, 0.1) is 0 Å². The summed E-state index contributed by atoms with van der Waals surface area (Å²) in [5, 5.41) is 7.60. The Morgan fingerprint density at radius 3 is 1.49 bits per heavy atom. The van der Waals surface area contributed by atoms with Crippen LogP contribution in [-0.4, -0.2) is 20.7 Å². The molecule has 0 unspecified atom stereocenters. The molecule has 0 bridgehead atoms. The summed E-state index contributed by atoms with van der Waals surface area (Å²) in [6, 6.07) is 66.5. The van der Waals surface area contributed by atoms with Gasteiger partial charge in [0.2, 0.25) is 0 Å². The van der Waals surface area contributed by atoms with Crippen molar-refractivity contribution in [1.29, 1.82) is 0 Å². The average molecular weight is 763 g/mol. The summed E-state index contributed by atoms with van der Waals surface area (Å²) in [6.07, 6.45) is 5.58. The van der Waals surface area contributed by atoms with E-state index in [1.54, 1.807) is 6.08 Å². The van der Waals surface area contributed by atoms with E-state index in [-0.39, 0.29) is 0 Å². The Bertz CT molecular complexity index is 3320. The highest BCUT2D eigenvalue weighted by atomic mass is 15.0. The molecule has 8 aromatic carbocycles. The zero-order chi connectivity index (χ0) is 40.5. The van der Waals surface area contributed by atoms with Gasteiger partial charge in [-0.05, 0) is 97.4 Å². The van der Waals surface area contributed by atoms with E-state index >= 15 is 0 Å². The van der Waals surface area contributed by atoms with Gasteiger partial charge in [-0.3, -0.25) is 0 Å². The molecular formula is C55H46N4. The zero-order valence-electron chi connectivity index (χ0n) is 33.7. The standard InChI is InChI=1S/C49H33N3.C5H8.CH5N/c1-50-44-27-24-32(33-25-28-47-42(29-33)39-18-9-11-22-46(39)51(47)35-13-4-2-5-14-35)30-43(44)41-20-12-19-37(49(41)50)34-23-26-40-38-17-8-10-21-45(38)52(48(40)31-34)36-15-6-3-7-16-36;1-3-5-4-2;1-2/h2-31H,1H3;3-5H,1H2,2H3;2H2,1H3/b;5-4-;. The van der Waals surface area contributed by atoms with E-state index < -0.39 is 0 Å². The second-order valence-electron chi connectivity index (χ2n) is 14.6. The van der Waals surface area contributed by atoms with Gasteiger partial charge < -0.3 is 19.4 Å². The fraction of sp³-hybridized carbons (Fsp3) is 0.0545. The molecule has 0 aliphatic rings. The SMILES string of the molecule is C=C/C=C\C.CN.Cn1c2ccc(-c3ccc4c(c3)c3ccccc3n4-c3ccccc3)cc2c2cccc(-c3ccc4c5ccccc5n(-c5ccccc5)c4c3)c21. The van der Waals surface area contributed by atoms with E-state index in [4.69, 9.17) is 0 Å². The van der Waals surface area contributed by atoms with Crippen molar-refractivity contribution in [2.24, 2.45) is 12.8 Å². The molecule has 0 saturated carbocycles. The Balaban J connectivity index is 0.000000600. The molecule has 0 spiro atoms. The number of nitrogens with zero attached hydrogens (tertiary/aromatic N) is 3. The maximum Gasteiger partial charge on any atom is 0.0568 e. The van der Waals surface area contributed by atoms with Gasteiger partial charge in [-0.2, -0.15) is 0 Å². The van der Waals surface area contributed by atoms with Crippen molar-refractivity contribution in [2.75, 3.05) is 7.05 Å². The van der Waals surface area contributed by atoms with Crippen molar-refractivity contribution in [1.82, 2.24) is 13.7 Å². The Morgan fingerprint density at radius 1 is 0.424 bits per heavy atom. The van der Waals surface area contributed by atoms with Gasteiger partial charge in [0.25, 0.3) is 0 Å². The van der Waals surface area contributed by atoms with Crippen LogP contribution in [-0.2, 0) is 7.05 Å². The monoisotopic (exact) mass is 762 g/mol. The summed E-state index contributed by atoms with van der Waals surface area (Å²) in [7, 11) is 3.71. The molecule has 286 valence electrons. The Labute approximate surface area is 345 Å². The van der Waals surface area contributed by atoms with Crippen LogP contribution in [0.3, 0.4) is 0 Å². The zero-order valence-corrected chi connectivity index (χ0v) is 33.7. The lowest BCUT2D eigenvalue weighted by Gasteiger charge is -2.10. The third-order valence-corrected chi connectivity index (χ3v) is 11.4. The van der Waals surface area contributed by atoms with Crippen LogP contribution in [0.1, 0.15) is 6.92 Å². The summed E-state index contributed by atoms with van der Waals surface area (Å²) in [6.45, 7) is 5.42. The predicted molar refractivity (Wildman–Crippen MR) is 255 cm³/mol. The first-order valence-corrected chi connectivity index (χ1v) is 20.1. The first-order valence-electron chi connectivity index (χ1n) is 20.1. The summed E-state index contributed by atoms with van der Waals surface area (Å²) in [5.41, 5.74) is 19.1. The molecule has 0 aliphatic carbocycles. The van der Waals surface area contributed by atoms with Crippen molar-refractivity contribution in [2.45, 2.75) is 6.92 Å². The van der Waals surface area contributed by atoms with Crippen LogP contribution in [0.25, 0.3) is 99.0 Å². The summed E-state index contributed by atoms with van der Waals surface area (Å²) < 4.78 is 7.15. The maximum atomic E-state index is 4.50. The number of aryl methyl sites for hydroxylation is 1. The average Bonchev–Trinajstić information content (AvgIpc) is 3.92. The Morgan fingerprint density at radius 2 is 0.898 bits per heavy atom. The second kappa shape index (κ2) is 15.9. The third kappa shape index (κ3) is 6.31. The van der Waals surface area contributed by atoms with Gasteiger partial charge in [0, 0.05) is 61.8 Å². The number of allylic oxidation sites excluding steroid dienone is 3. The third-order valence-electron chi connectivity index (χ3n) is 11.4. The lowest BCUT2D eigenvalue weighted by molar-refractivity contribution is 1.02. The van der Waals surface area contributed by atoms with E-state index in [0.29, 0.717) is 0 Å². The van der Waals surface area contributed by atoms with Crippen LogP contribution < -0.4 is 5.73 Å². The van der Waals surface area contributed by atoms with Gasteiger partial charge in [-0.25, -0.2) is 0 Å². The normalized spacial score (nSPS) is 11.4. The molecule has 0 amide bonds. The molecule has 0 atom stereocenters. The molecule has 59 heavy (non-hydrogen) atoms. The lowest BCUT2D eigenvalue weighted by atomic mass is 9.98. The number of benzene rings is 8. The Hall–Kier alpha value is -7.40. The molecular weight excluding hydrogens is 717 g/mol. The first-order chi connectivity index (χ1) is 29.1. The van der Waals surface area contributed by atoms with Crippen LogP contribution in [0.2, 0.25) is 0 Å². The molecule has 4 nitrogen and oxygen atoms in total. The minimum absolute atomic E-state index is 1.17. The van der Waals surface area contributed by atoms with E-state index in [9.17, 15) is 0 Å². The van der Waals surface area contributed by atoms with Crippen molar-refractivity contribution < 1.29 is 0 Å². The number of fused-ring (bicyclic) bond motifs is 9. The van der Waals surface area contributed by atoms with Gasteiger partial charge in [0.15, 0.2) is 0 Å². The van der Waals surface area contributed by atoms with Gasteiger partial charge in [0.1, 0.15) is 0 Å². The van der Waals surface area contributed by atoms with Crippen molar-refractivity contribution in [3.05, 3.63) is 207 Å². The second-order valence-corrected chi connectivity index (χ2v) is 14.6. The van der Waals surface area contributed by atoms with E-state index in [2.05, 4.69) is 215 Å². The van der Waals surface area contributed by atoms with Gasteiger partial charge in [0.05, 0.1) is 27.6 Å². The molecule has 3 aromatic heterocycles. The summed E-state index contributed by atoms with van der Waals surface area (Å²) in [5.74, 6) is 0. The summed E-state index contributed by atoms with van der Waals surface area (Å²) >= 11 is 0. The van der Waals surface area contributed by atoms with Gasteiger partial charge >= 0.3 is 0 Å². The summed E-state index contributed by atoms with van der Waals surface area (Å²) in [4.78, 5) is 0. The quantitative estimate of drug-likeness (QED) is 0.174. The number of hydrogen-bond donors (Lipinski definition) is 1. The molecule has 2 N–H and O–H groups in total. The number of nitrogens with two attached hydrogens (primary N) is 1. The number of rotatable bonds is 5. The predicted octanol–water partition coefficient (Wildman–Crippen LogP) is 14.2. The van der Waals surface area contributed by atoms with Gasteiger partial charge in [-0.15, -0.1) is 0 Å². The highest BCUT2D eigenvalue weighted by Crippen LogP contribution is 2.41. The van der Waals surface area contributed by atoms with Gasteiger partial charge in [-0.1, -0.05) is 140 Å². The molecule has 11 aromatic rings. The number of para-hydroxylation sites is 5. The smallest absolute Gasteiger partial charge is 0.0568 e. The van der Waals surface area contributed by atoms with E-state index in [1.807, 2.05) is 19.1 Å². The van der Waals surface area contributed by atoms with Crippen LogP contribution in [0.5, 0.6) is 0 Å². The minimum atomic E-state index is 1.17. The van der Waals surface area contributed by atoms with Crippen LogP contribution >= 0.6 is 0 Å². The first kappa shape index (κ1) is 37.2. The number of aromatic nitrogens is 3. The maximum absolute atomic E-state index is 4.50. The van der Waals surface area contributed by atoms with Crippen LogP contribution in [0.4, 0.5) is 0 Å². The van der Waals surface area contributed by atoms with Crippen molar-refractivity contribution >= 4 is 65.4 Å². The topological polar surface area (TPSA) is 40.8 Å². The molecule has 11 rings (SSSR count). The highest BCUT2D eigenvalue weighted by Gasteiger charge is 2.18. The van der Waals surface area contributed by atoms with Crippen molar-refractivity contribution in [3.8, 4) is 33.6 Å². The molecule has 4 heteroatoms. The minimum Gasteiger partial charge on any atom is -0.343 e. The fourth-order valence-electron chi connectivity index (χ4n) is 8.84. The highest BCUT2D eigenvalue weighted by molar-refractivity contribution is 6.16. The molecule has 0 fully saturated rings. The molecule has 3 heterocycles. The molecule has 0 saturated heterocycles. The number of hydrogen-bond acceptors (Lipinski definition) is 1. The van der Waals surface area contributed by atoms with E-state index in [0.717, 1.165) is 0 Å². The molecule has 0 radical (unpaired) electrons.